The first-order valence-electron chi connectivity index (χ1n) is 6.16. The molecule has 6 nitrogen and oxygen atoms in total. The molecular formula is C12H15N3O3. The summed E-state index contributed by atoms with van der Waals surface area (Å²) in [6.45, 7) is 1.24. The lowest BCUT2D eigenvalue weighted by molar-refractivity contribution is 0.0757. The highest BCUT2D eigenvalue weighted by molar-refractivity contribution is 5.92. The number of hydrogen-bond acceptors (Lipinski definition) is 4. The Morgan fingerprint density at radius 2 is 2.06 bits per heavy atom. The largest absolute Gasteiger partial charge is 0.393 e. The van der Waals surface area contributed by atoms with Crippen molar-refractivity contribution in [3.63, 3.8) is 0 Å². The Hall–Kier alpha value is -1.69. The Morgan fingerprint density at radius 3 is 2.67 bits per heavy atom. The summed E-state index contributed by atoms with van der Waals surface area (Å²) in [5.74, 6) is 0.430. The zero-order valence-corrected chi connectivity index (χ0v) is 9.87. The van der Waals surface area contributed by atoms with E-state index in [1.54, 1.807) is 4.90 Å². The minimum atomic E-state index is -0.445. The lowest BCUT2D eigenvalue weighted by Gasteiger charge is -2.16. The third-order valence-electron chi connectivity index (χ3n) is 3.92. The van der Waals surface area contributed by atoms with Crippen LogP contribution in [0.15, 0.2) is 17.2 Å². The maximum Gasteiger partial charge on any atom is 0.279 e. The van der Waals surface area contributed by atoms with Crippen molar-refractivity contribution in [3.05, 3.63) is 28.4 Å². The second kappa shape index (κ2) is 4.20. The molecule has 3 atom stereocenters. The van der Waals surface area contributed by atoms with Gasteiger partial charge in [0.05, 0.1) is 6.10 Å². The van der Waals surface area contributed by atoms with E-state index in [9.17, 15) is 14.7 Å². The highest BCUT2D eigenvalue weighted by Crippen LogP contribution is 2.38. The van der Waals surface area contributed by atoms with Gasteiger partial charge in [0.25, 0.3) is 11.5 Å². The number of aliphatic hydroxyl groups is 1. The zero-order chi connectivity index (χ0) is 12.7. The van der Waals surface area contributed by atoms with Gasteiger partial charge in [-0.1, -0.05) is 0 Å². The molecule has 1 aliphatic heterocycles. The summed E-state index contributed by atoms with van der Waals surface area (Å²) in [5, 5.41) is 9.55. The van der Waals surface area contributed by atoms with Crippen LogP contribution in [0, 0.1) is 11.8 Å². The van der Waals surface area contributed by atoms with Gasteiger partial charge < -0.3 is 15.0 Å². The van der Waals surface area contributed by atoms with Gasteiger partial charge in [0.15, 0.2) is 5.69 Å². The molecule has 0 aromatic carbocycles. The molecule has 2 fully saturated rings. The number of H-pyrrole nitrogens is 1. The van der Waals surface area contributed by atoms with Crippen LogP contribution in [-0.2, 0) is 0 Å². The maximum atomic E-state index is 12.2. The van der Waals surface area contributed by atoms with E-state index in [-0.39, 0.29) is 17.7 Å². The molecule has 1 saturated heterocycles. The van der Waals surface area contributed by atoms with Gasteiger partial charge in [0, 0.05) is 25.5 Å². The van der Waals surface area contributed by atoms with Crippen molar-refractivity contribution >= 4 is 5.91 Å². The molecule has 96 valence electrons. The van der Waals surface area contributed by atoms with Crippen LogP contribution in [0.1, 0.15) is 23.3 Å². The number of aliphatic hydroxyl groups excluding tert-OH is 1. The number of aromatic nitrogens is 2. The van der Waals surface area contributed by atoms with Crippen LogP contribution in [0.4, 0.5) is 0 Å². The lowest BCUT2D eigenvalue weighted by atomic mass is 10.0. The average Bonchev–Trinajstić information content (AvgIpc) is 2.85. The summed E-state index contributed by atoms with van der Waals surface area (Å²) < 4.78 is 0. The Labute approximate surface area is 104 Å². The van der Waals surface area contributed by atoms with Crippen molar-refractivity contribution in [3.8, 4) is 0 Å². The van der Waals surface area contributed by atoms with Crippen LogP contribution < -0.4 is 5.56 Å². The molecule has 1 aromatic rings. The van der Waals surface area contributed by atoms with Crippen molar-refractivity contribution < 1.29 is 9.90 Å². The summed E-state index contributed by atoms with van der Waals surface area (Å²) in [6, 6.07) is 0. The molecule has 1 aliphatic carbocycles. The molecule has 3 rings (SSSR count). The van der Waals surface area contributed by atoms with Gasteiger partial charge in [0.2, 0.25) is 0 Å². The van der Waals surface area contributed by atoms with Crippen molar-refractivity contribution in [1.82, 2.24) is 14.9 Å². The molecule has 6 heteroatoms. The van der Waals surface area contributed by atoms with Gasteiger partial charge >= 0.3 is 0 Å². The summed E-state index contributed by atoms with van der Waals surface area (Å²) in [6.07, 6.45) is 4.11. The van der Waals surface area contributed by atoms with Crippen LogP contribution in [0.2, 0.25) is 0 Å². The molecule has 2 aliphatic rings. The molecule has 2 heterocycles. The van der Waals surface area contributed by atoms with E-state index in [0.717, 1.165) is 12.8 Å². The van der Waals surface area contributed by atoms with Crippen molar-refractivity contribution in [2.24, 2.45) is 11.8 Å². The fraction of sp³-hybridized carbons (Fsp3) is 0.583. The fourth-order valence-corrected chi connectivity index (χ4v) is 3.09. The summed E-state index contributed by atoms with van der Waals surface area (Å²) >= 11 is 0. The first kappa shape index (κ1) is 11.4. The first-order valence-corrected chi connectivity index (χ1v) is 6.16. The molecule has 1 aromatic heterocycles. The van der Waals surface area contributed by atoms with Gasteiger partial charge in [-0.2, -0.15) is 0 Å². The van der Waals surface area contributed by atoms with Crippen molar-refractivity contribution in [2.45, 2.75) is 18.9 Å². The smallest absolute Gasteiger partial charge is 0.279 e. The normalized spacial score (nSPS) is 30.5. The van der Waals surface area contributed by atoms with Crippen LogP contribution in [0.5, 0.6) is 0 Å². The average molecular weight is 249 g/mol. The number of carbonyl (C=O) groups excluding carboxylic acids is 1. The van der Waals surface area contributed by atoms with Crippen molar-refractivity contribution in [2.75, 3.05) is 13.1 Å². The van der Waals surface area contributed by atoms with Crippen LogP contribution in [0.25, 0.3) is 0 Å². The fourth-order valence-electron chi connectivity index (χ4n) is 3.09. The standard InChI is InChI=1S/C12H15N3O3/c16-9-3-7-5-15(6-8(7)4-9)12(18)10-11(17)14-2-1-13-10/h1-2,7-9,16H,3-6H2,(H,14,17)/t7-,8+,9?. The van der Waals surface area contributed by atoms with E-state index < -0.39 is 5.56 Å². The number of nitrogens with zero attached hydrogens (tertiary/aromatic N) is 2. The van der Waals surface area contributed by atoms with Crippen LogP contribution in [0.3, 0.4) is 0 Å². The predicted octanol–water partition coefficient (Wildman–Crippen LogP) is -0.387. The van der Waals surface area contributed by atoms with E-state index in [1.165, 1.54) is 12.4 Å². The summed E-state index contributed by atoms with van der Waals surface area (Å²) in [7, 11) is 0. The molecule has 0 bridgehead atoms. The van der Waals surface area contributed by atoms with Gasteiger partial charge in [-0.15, -0.1) is 0 Å². The number of aromatic amines is 1. The number of nitrogens with one attached hydrogen (secondary N) is 1. The maximum absolute atomic E-state index is 12.2. The summed E-state index contributed by atoms with van der Waals surface area (Å²) in [5.41, 5.74) is -0.488. The molecule has 0 spiro atoms. The first-order chi connectivity index (χ1) is 8.65. The topological polar surface area (TPSA) is 86.3 Å². The van der Waals surface area contributed by atoms with Gasteiger partial charge in [-0.05, 0) is 24.7 Å². The Kier molecular flexibility index (Phi) is 2.66. The summed E-state index contributed by atoms with van der Waals surface area (Å²) in [4.78, 5) is 31.7. The molecule has 18 heavy (non-hydrogen) atoms. The van der Waals surface area contributed by atoms with Gasteiger partial charge in [-0.3, -0.25) is 9.59 Å². The van der Waals surface area contributed by atoms with E-state index in [4.69, 9.17) is 0 Å². The monoisotopic (exact) mass is 249 g/mol. The Balaban J connectivity index is 1.77. The second-order valence-electron chi connectivity index (χ2n) is 5.12. The molecule has 1 saturated carbocycles. The SMILES string of the molecule is O=C(c1ncc[nH]c1=O)N1C[C@H]2CC(O)C[C@H]2C1. The number of likely N-dealkylation sites (tertiary alicyclic amines) is 1. The highest BCUT2D eigenvalue weighted by Gasteiger charge is 2.42. The minimum absolute atomic E-state index is 0.0435. The Bertz CT molecular complexity index is 513. The molecular weight excluding hydrogens is 234 g/mol. The third kappa shape index (κ3) is 1.82. The Morgan fingerprint density at radius 1 is 1.39 bits per heavy atom. The zero-order valence-electron chi connectivity index (χ0n) is 9.87. The van der Waals surface area contributed by atoms with E-state index in [2.05, 4.69) is 9.97 Å². The lowest BCUT2D eigenvalue weighted by Crippen LogP contribution is -2.35. The van der Waals surface area contributed by atoms with Gasteiger partial charge in [0.1, 0.15) is 0 Å². The molecule has 2 N–H and O–H groups in total. The third-order valence-corrected chi connectivity index (χ3v) is 3.92. The van der Waals surface area contributed by atoms with Crippen molar-refractivity contribution in [1.29, 1.82) is 0 Å². The highest BCUT2D eigenvalue weighted by atomic mass is 16.3. The van der Waals surface area contributed by atoms with Gasteiger partial charge in [-0.25, -0.2) is 4.98 Å². The number of amides is 1. The van der Waals surface area contributed by atoms with E-state index in [1.807, 2.05) is 0 Å². The van der Waals surface area contributed by atoms with Crippen LogP contribution in [-0.4, -0.2) is 45.1 Å². The molecule has 1 unspecified atom stereocenters. The number of fused-ring (bicyclic) bond motifs is 1. The molecule has 0 radical (unpaired) electrons. The van der Waals surface area contributed by atoms with E-state index >= 15 is 0 Å². The quantitative estimate of drug-likeness (QED) is 0.710. The number of hydrogen-bond donors (Lipinski definition) is 2. The number of rotatable bonds is 1. The van der Waals surface area contributed by atoms with Crippen LogP contribution >= 0.6 is 0 Å². The second-order valence-corrected chi connectivity index (χ2v) is 5.12. The van der Waals surface area contributed by atoms with E-state index in [0.29, 0.717) is 24.9 Å². The minimum Gasteiger partial charge on any atom is -0.393 e. The molecule has 1 amide bonds. The predicted molar refractivity (Wildman–Crippen MR) is 63.0 cm³/mol. The number of carbonyl (C=O) groups is 1.